The van der Waals surface area contributed by atoms with Gasteiger partial charge < -0.3 is 5.73 Å². The number of benzene rings is 1. The molecule has 2 N–H and O–H groups in total. The summed E-state index contributed by atoms with van der Waals surface area (Å²) in [5.41, 5.74) is 8.14. The lowest BCUT2D eigenvalue weighted by Crippen LogP contribution is -2.19. The lowest BCUT2D eigenvalue weighted by molar-refractivity contribution is 0.427. The molecule has 3 atom stereocenters. The van der Waals surface area contributed by atoms with Gasteiger partial charge in [-0.1, -0.05) is 19.4 Å². The highest BCUT2D eigenvalue weighted by Crippen LogP contribution is 2.37. The van der Waals surface area contributed by atoms with Crippen molar-refractivity contribution in [3.05, 3.63) is 35.1 Å². The highest BCUT2D eigenvalue weighted by atomic mass is 19.1. The van der Waals surface area contributed by atoms with Crippen LogP contribution in [0.25, 0.3) is 0 Å². The quantitative estimate of drug-likeness (QED) is 0.811. The van der Waals surface area contributed by atoms with Gasteiger partial charge in [0.1, 0.15) is 5.82 Å². The summed E-state index contributed by atoms with van der Waals surface area (Å²) in [6.45, 7) is 4.18. The fourth-order valence-electron chi connectivity index (χ4n) is 2.81. The van der Waals surface area contributed by atoms with Crippen molar-refractivity contribution < 1.29 is 4.39 Å². The van der Waals surface area contributed by atoms with Gasteiger partial charge in [-0.2, -0.15) is 0 Å². The summed E-state index contributed by atoms with van der Waals surface area (Å²) in [4.78, 5) is 0. The van der Waals surface area contributed by atoms with Gasteiger partial charge in [0.25, 0.3) is 0 Å². The van der Waals surface area contributed by atoms with Crippen LogP contribution < -0.4 is 5.73 Å². The van der Waals surface area contributed by atoms with E-state index >= 15 is 0 Å². The molecule has 1 nitrogen and oxygen atoms in total. The Morgan fingerprint density at radius 2 is 2.06 bits per heavy atom. The van der Waals surface area contributed by atoms with E-state index in [9.17, 15) is 4.39 Å². The van der Waals surface area contributed by atoms with Gasteiger partial charge in [0.15, 0.2) is 0 Å². The van der Waals surface area contributed by atoms with Crippen molar-refractivity contribution in [2.24, 2.45) is 17.6 Å². The van der Waals surface area contributed by atoms with E-state index in [0.717, 1.165) is 17.0 Å². The van der Waals surface area contributed by atoms with E-state index in [4.69, 9.17) is 5.73 Å². The van der Waals surface area contributed by atoms with Gasteiger partial charge in [-0.05, 0) is 54.9 Å². The molecule has 0 bridgehead atoms. The zero-order chi connectivity index (χ0) is 11.7. The van der Waals surface area contributed by atoms with E-state index in [0.29, 0.717) is 5.92 Å². The maximum absolute atomic E-state index is 13.3. The highest BCUT2D eigenvalue weighted by Gasteiger charge is 2.27. The molecule has 1 aliphatic carbocycles. The van der Waals surface area contributed by atoms with Crippen molar-refractivity contribution in [1.29, 1.82) is 0 Å². The van der Waals surface area contributed by atoms with Gasteiger partial charge in [0, 0.05) is 6.04 Å². The molecule has 2 heteroatoms. The summed E-state index contributed by atoms with van der Waals surface area (Å²) in [6.07, 6.45) is 3.61. The minimum absolute atomic E-state index is 0.000602. The Bertz CT molecular complexity index is 355. The SMILES string of the molecule is Cc1cc(F)cc(C(N)C2CCC(C)C2)c1. The van der Waals surface area contributed by atoms with Crippen LogP contribution in [0.3, 0.4) is 0 Å². The van der Waals surface area contributed by atoms with Gasteiger partial charge in [-0.15, -0.1) is 0 Å². The molecule has 0 radical (unpaired) electrons. The molecule has 88 valence electrons. The van der Waals surface area contributed by atoms with Crippen LogP contribution in [0.15, 0.2) is 18.2 Å². The summed E-state index contributed by atoms with van der Waals surface area (Å²) in [6, 6.07) is 5.14. The Morgan fingerprint density at radius 1 is 1.31 bits per heavy atom. The van der Waals surface area contributed by atoms with Gasteiger partial charge >= 0.3 is 0 Å². The van der Waals surface area contributed by atoms with Crippen molar-refractivity contribution in [3.8, 4) is 0 Å². The standard InChI is InChI=1S/C14H20FN/c1-9-3-4-11(5-9)14(16)12-6-10(2)7-13(15)8-12/h6-9,11,14H,3-5,16H2,1-2H3. The highest BCUT2D eigenvalue weighted by molar-refractivity contribution is 5.26. The fourth-order valence-corrected chi connectivity index (χ4v) is 2.81. The van der Waals surface area contributed by atoms with Crippen LogP contribution in [0.2, 0.25) is 0 Å². The number of rotatable bonds is 2. The molecule has 0 amide bonds. The van der Waals surface area contributed by atoms with Gasteiger partial charge in [-0.3, -0.25) is 0 Å². The Labute approximate surface area is 96.9 Å². The van der Waals surface area contributed by atoms with E-state index in [2.05, 4.69) is 6.92 Å². The average molecular weight is 221 g/mol. The molecular formula is C14H20FN. The molecule has 1 aromatic rings. The Kier molecular flexibility index (Phi) is 3.29. The molecule has 1 fully saturated rings. The van der Waals surface area contributed by atoms with E-state index in [-0.39, 0.29) is 11.9 Å². The van der Waals surface area contributed by atoms with E-state index in [1.165, 1.54) is 19.3 Å². The first-order valence-corrected chi connectivity index (χ1v) is 6.09. The molecule has 3 unspecified atom stereocenters. The maximum Gasteiger partial charge on any atom is 0.123 e. The van der Waals surface area contributed by atoms with Crippen molar-refractivity contribution in [2.45, 2.75) is 39.2 Å². The minimum atomic E-state index is -0.170. The number of nitrogens with two attached hydrogens (primary N) is 1. The van der Waals surface area contributed by atoms with Gasteiger partial charge in [0.05, 0.1) is 0 Å². The predicted molar refractivity (Wildman–Crippen MR) is 64.6 cm³/mol. The van der Waals surface area contributed by atoms with E-state index in [1.807, 2.05) is 13.0 Å². The first-order valence-electron chi connectivity index (χ1n) is 6.09. The van der Waals surface area contributed by atoms with Crippen LogP contribution in [0.1, 0.15) is 43.4 Å². The van der Waals surface area contributed by atoms with Crippen molar-refractivity contribution >= 4 is 0 Å². The smallest absolute Gasteiger partial charge is 0.123 e. The Balaban J connectivity index is 2.17. The predicted octanol–water partition coefficient (Wildman–Crippen LogP) is 3.57. The van der Waals surface area contributed by atoms with Gasteiger partial charge in [0.2, 0.25) is 0 Å². The lowest BCUT2D eigenvalue weighted by atomic mass is 9.91. The molecule has 1 saturated carbocycles. The fraction of sp³-hybridized carbons (Fsp3) is 0.571. The molecule has 0 heterocycles. The van der Waals surface area contributed by atoms with Crippen LogP contribution in [0.4, 0.5) is 4.39 Å². The Hall–Kier alpha value is -0.890. The largest absolute Gasteiger partial charge is 0.324 e. The van der Waals surface area contributed by atoms with Crippen molar-refractivity contribution in [3.63, 3.8) is 0 Å². The molecule has 2 rings (SSSR count). The maximum atomic E-state index is 13.3. The summed E-state index contributed by atoms with van der Waals surface area (Å²) in [5, 5.41) is 0. The van der Waals surface area contributed by atoms with Crippen LogP contribution in [0.5, 0.6) is 0 Å². The summed E-state index contributed by atoms with van der Waals surface area (Å²) < 4.78 is 13.3. The number of hydrogen-bond donors (Lipinski definition) is 1. The van der Waals surface area contributed by atoms with Crippen LogP contribution >= 0.6 is 0 Å². The lowest BCUT2D eigenvalue weighted by Gasteiger charge is -2.20. The first kappa shape index (κ1) is 11.6. The normalized spacial score (nSPS) is 27.0. The second-order valence-corrected chi connectivity index (χ2v) is 5.27. The summed E-state index contributed by atoms with van der Waals surface area (Å²) in [5.74, 6) is 1.12. The molecule has 0 spiro atoms. The molecular weight excluding hydrogens is 201 g/mol. The number of hydrogen-bond acceptors (Lipinski definition) is 1. The average Bonchev–Trinajstić information content (AvgIpc) is 2.62. The molecule has 16 heavy (non-hydrogen) atoms. The topological polar surface area (TPSA) is 26.0 Å². The number of halogens is 1. The molecule has 1 aromatic carbocycles. The first-order chi connectivity index (χ1) is 7.56. The molecule has 0 aliphatic heterocycles. The number of aryl methyl sites for hydroxylation is 1. The third kappa shape index (κ3) is 2.43. The van der Waals surface area contributed by atoms with Gasteiger partial charge in [-0.25, -0.2) is 4.39 Å². The zero-order valence-corrected chi connectivity index (χ0v) is 10.0. The summed E-state index contributed by atoms with van der Waals surface area (Å²) >= 11 is 0. The second-order valence-electron chi connectivity index (χ2n) is 5.27. The van der Waals surface area contributed by atoms with E-state index < -0.39 is 0 Å². The second kappa shape index (κ2) is 4.54. The Morgan fingerprint density at radius 3 is 2.62 bits per heavy atom. The summed E-state index contributed by atoms with van der Waals surface area (Å²) in [7, 11) is 0. The minimum Gasteiger partial charge on any atom is -0.324 e. The van der Waals surface area contributed by atoms with Crippen LogP contribution in [-0.2, 0) is 0 Å². The van der Waals surface area contributed by atoms with Crippen molar-refractivity contribution in [1.82, 2.24) is 0 Å². The third-order valence-electron chi connectivity index (χ3n) is 3.69. The zero-order valence-electron chi connectivity index (χ0n) is 10.0. The molecule has 1 aliphatic rings. The van der Waals surface area contributed by atoms with Crippen LogP contribution in [0, 0.1) is 24.6 Å². The third-order valence-corrected chi connectivity index (χ3v) is 3.69. The molecule has 0 saturated heterocycles. The van der Waals surface area contributed by atoms with Crippen LogP contribution in [-0.4, -0.2) is 0 Å². The van der Waals surface area contributed by atoms with E-state index in [1.54, 1.807) is 12.1 Å². The molecule has 0 aromatic heterocycles. The monoisotopic (exact) mass is 221 g/mol. The van der Waals surface area contributed by atoms with Crippen molar-refractivity contribution in [2.75, 3.05) is 0 Å².